The Kier molecular flexibility index (Phi) is 4.33. The third kappa shape index (κ3) is 2.71. The highest BCUT2D eigenvalue weighted by Gasteiger charge is 2.31. The molecule has 1 fully saturated rings. The molecule has 98 valence electrons. The molecule has 2 rings (SSSR count). The van der Waals surface area contributed by atoms with Gasteiger partial charge in [0.1, 0.15) is 0 Å². The molecular formula is C14H20N2O2. The third-order valence-corrected chi connectivity index (χ3v) is 3.49. The van der Waals surface area contributed by atoms with Crippen LogP contribution in [0.2, 0.25) is 0 Å². The Bertz CT molecular complexity index is 394. The van der Waals surface area contributed by atoms with Gasteiger partial charge in [0.25, 0.3) is 5.91 Å². The van der Waals surface area contributed by atoms with E-state index in [4.69, 9.17) is 10.5 Å². The van der Waals surface area contributed by atoms with Crippen molar-refractivity contribution < 1.29 is 9.53 Å². The summed E-state index contributed by atoms with van der Waals surface area (Å²) in [7, 11) is 1.58. The van der Waals surface area contributed by atoms with Crippen LogP contribution in [-0.2, 0) is 9.53 Å². The summed E-state index contributed by atoms with van der Waals surface area (Å²) < 4.78 is 5.36. The van der Waals surface area contributed by atoms with Crippen molar-refractivity contribution in [3.05, 3.63) is 35.9 Å². The lowest BCUT2D eigenvalue weighted by Gasteiger charge is -2.22. The molecule has 4 heteroatoms. The number of carbonyl (C=O) groups is 1. The molecule has 1 amide bonds. The first kappa shape index (κ1) is 13.1. The molecule has 0 bridgehead atoms. The maximum atomic E-state index is 12.4. The summed E-state index contributed by atoms with van der Waals surface area (Å²) in [5.41, 5.74) is 6.55. The molecule has 4 nitrogen and oxygen atoms in total. The van der Waals surface area contributed by atoms with E-state index in [1.807, 2.05) is 35.2 Å². The number of benzene rings is 1. The molecule has 1 aromatic rings. The van der Waals surface area contributed by atoms with Crippen LogP contribution in [0.15, 0.2) is 30.3 Å². The first-order valence-corrected chi connectivity index (χ1v) is 6.33. The van der Waals surface area contributed by atoms with Crippen molar-refractivity contribution in [2.45, 2.75) is 12.5 Å². The monoisotopic (exact) mass is 248 g/mol. The highest BCUT2D eigenvalue weighted by Crippen LogP contribution is 2.23. The first-order valence-electron chi connectivity index (χ1n) is 6.33. The first-order chi connectivity index (χ1) is 8.76. The van der Waals surface area contributed by atoms with E-state index in [-0.39, 0.29) is 5.91 Å². The Hall–Kier alpha value is -1.39. The Morgan fingerprint density at radius 2 is 2.22 bits per heavy atom. The van der Waals surface area contributed by atoms with Crippen LogP contribution in [0.5, 0.6) is 0 Å². The lowest BCUT2D eigenvalue weighted by atomic mass is 10.1. The summed E-state index contributed by atoms with van der Waals surface area (Å²) in [6, 6.07) is 9.61. The third-order valence-electron chi connectivity index (χ3n) is 3.49. The molecule has 1 aromatic carbocycles. The largest absolute Gasteiger partial charge is 0.367 e. The van der Waals surface area contributed by atoms with E-state index < -0.39 is 6.10 Å². The fourth-order valence-electron chi connectivity index (χ4n) is 2.40. The molecule has 18 heavy (non-hydrogen) atoms. The van der Waals surface area contributed by atoms with E-state index in [0.29, 0.717) is 12.5 Å². The van der Waals surface area contributed by atoms with Crippen LogP contribution in [0.3, 0.4) is 0 Å². The second-order valence-corrected chi connectivity index (χ2v) is 4.70. The predicted molar refractivity (Wildman–Crippen MR) is 69.9 cm³/mol. The SMILES string of the molecule is CO[C@H](C(=O)N1CC[C@H](CN)C1)c1ccccc1. The van der Waals surface area contributed by atoms with Gasteiger partial charge in [-0.05, 0) is 24.4 Å². The van der Waals surface area contributed by atoms with Gasteiger partial charge in [-0.15, -0.1) is 0 Å². The zero-order valence-electron chi connectivity index (χ0n) is 10.7. The number of hydrogen-bond acceptors (Lipinski definition) is 3. The van der Waals surface area contributed by atoms with Crippen molar-refractivity contribution in [2.75, 3.05) is 26.7 Å². The number of nitrogens with zero attached hydrogens (tertiary/aromatic N) is 1. The molecule has 1 saturated heterocycles. The molecule has 2 N–H and O–H groups in total. The number of methoxy groups -OCH3 is 1. The number of ether oxygens (including phenoxy) is 1. The van der Waals surface area contributed by atoms with Crippen LogP contribution in [0.4, 0.5) is 0 Å². The van der Waals surface area contributed by atoms with Gasteiger partial charge in [-0.25, -0.2) is 0 Å². The lowest BCUT2D eigenvalue weighted by molar-refractivity contribution is -0.141. The van der Waals surface area contributed by atoms with Crippen molar-refractivity contribution in [2.24, 2.45) is 11.7 Å². The van der Waals surface area contributed by atoms with Gasteiger partial charge in [0.05, 0.1) is 0 Å². The van der Waals surface area contributed by atoms with Crippen LogP contribution in [0, 0.1) is 5.92 Å². The van der Waals surface area contributed by atoms with Gasteiger partial charge < -0.3 is 15.4 Å². The van der Waals surface area contributed by atoms with Crippen molar-refractivity contribution in [1.82, 2.24) is 4.90 Å². The number of rotatable bonds is 4. The number of likely N-dealkylation sites (tertiary alicyclic amines) is 1. The van der Waals surface area contributed by atoms with E-state index in [1.54, 1.807) is 7.11 Å². The van der Waals surface area contributed by atoms with Gasteiger partial charge in [-0.2, -0.15) is 0 Å². The van der Waals surface area contributed by atoms with Gasteiger partial charge in [0.15, 0.2) is 6.10 Å². The van der Waals surface area contributed by atoms with Crippen LogP contribution < -0.4 is 5.73 Å². The van der Waals surface area contributed by atoms with Gasteiger partial charge >= 0.3 is 0 Å². The average Bonchev–Trinajstić information content (AvgIpc) is 2.89. The van der Waals surface area contributed by atoms with Crippen LogP contribution in [0.25, 0.3) is 0 Å². The molecule has 1 aliphatic rings. The lowest BCUT2D eigenvalue weighted by Crippen LogP contribution is -2.34. The van der Waals surface area contributed by atoms with Crippen molar-refractivity contribution in [3.8, 4) is 0 Å². The van der Waals surface area contributed by atoms with E-state index in [9.17, 15) is 4.79 Å². The van der Waals surface area contributed by atoms with Crippen molar-refractivity contribution >= 4 is 5.91 Å². The summed E-state index contributed by atoms with van der Waals surface area (Å²) >= 11 is 0. The van der Waals surface area contributed by atoms with Crippen LogP contribution in [0.1, 0.15) is 18.1 Å². The van der Waals surface area contributed by atoms with E-state index in [1.165, 1.54) is 0 Å². The molecular weight excluding hydrogens is 228 g/mol. The minimum Gasteiger partial charge on any atom is -0.367 e. The van der Waals surface area contributed by atoms with E-state index in [2.05, 4.69) is 0 Å². The maximum absolute atomic E-state index is 12.4. The predicted octanol–water partition coefficient (Wildman–Crippen LogP) is 1.18. The quantitative estimate of drug-likeness (QED) is 0.870. The number of hydrogen-bond donors (Lipinski definition) is 1. The Balaban J connectivity index is 2.07. The normalized spacial score (nSPS) is 21.0. The van der Waals surface area contributed by atoms with Crippen molar-refractivity contribution in [1.29, 1.82) is 0 Å². The average molecular weight is 248 g/mol. The summed E-state index contributed by atoms with van der Waals surface area (Å²) in [4.78, 5) is 14.3. The van der Waals surface area contributed by atoms with E-state index >= 15 is 0 Å². The Morgan fingerprint density at radius 3 is 2.78 bits per heavy atom. The molecule has 0 spiro atoms. The fraction of sp³-hybridized carbons (Fsp3) is 0.500. The van der Waals surface area contributed by atoms with Gasteiger partial charge in [-0.3, -0.25) is 4.79 Å². The molecule has 1 heterocycles. The molecule has 0 aliphatic carbocycles. The second kappa shape index (κ2) is 5.98. The van der Waals surface area contributed by atoms with Crippen LogP contribution >= 0.6 is 0 Å². The summed E-state index contributed by atoms with van der Waals surface area (Å²) in [6.45, 7) is 2.18. The Morgan fingerprint density at radius 1 is 1.50 bits per heavy atom. The molecule has 1 aliphatic heterocycles. The highest BCUT2D eigenvalue weighted by atomic mass is 16.5. The fourth-order valence-corrected chi connectivity index (χ4v) is 2.40. The van der Waals surface area contributed by atoms with Crippen LogP contribution in [-0.4, -0.2) is 37.6 Å². The molecule has 2 atom stereocenters. The summed E-state index contributed by atoms with van der Waals surface area (Å²) in [5.74, 6) is 0.474. The van der Waals surface area contributed by atoms with Gasteiger partial charge in [0, 0.05) is 20.2 Å². The van der Waals surface area contributed by atoms with E-state index in [0.717, 1.165) is 25.1 Å². The minimum atomic E-state index is -0.497. The van der Waals surface area contributed by atoms with Gasteiger partial charge in [0.2, 0.25) is 0 Å². The second-order valence-electron chi connectivity index (χ2n) is 4.70. The number of nitrogens with two attached hydrogens (primary N) is 1. The smallest absolute Gasteiger partial charge is 0.256 e. The van der Waals surface area contributed by atoms with Gasteiger partial charge in [-0.1, -0.05) is 30.3 Å². The molecule has 0 unspecified atom stereocenters. The van der Waals surface area contributed by atoms with Crippen molar-refractivity contribution in [3.63, 3.8) is 0 Å². The molecule has 0 saturated carbocycles. The zero-order chi connectivity index (χ0) is 13.0. The Labute approximate surface area is 108 Å². The minimum absolute atomic E-state index is 0.0413. The topological polar surface area (TPSA) is 55.6 Å². The molecule has 0 radical (unpaired) electrons. The maximum Gasteiger partial charge on any atom is 0.256 e. The number of carbonyl (C=O) groups excluding carboxylic acids is 1. The molecule has 0 aromatic heterocycles. The number of amides is 1. The summed E-state index contributed by atoms with van der Waals surface area (Å²) in [6.07, 6.45) is 0.496. The standard InChI is InChI=1S/C14H20N2O2/c1-18-13(12-5-3-2-4-6-12)14(17)16-8-7-11(9-15)10-16/h2-6,11,13H,7-10,15H2,1H3/t11-,13+/m1/s1. The summed E-state index contributed by atoms with van der Waals surface area (Å²) in [5, 5.41) is 0. The zero-order valence-corrected chi connectivity index (χ0v) is 10.7. The highest BCUT2D eigenvalue weighted by molar-refractivity contribution is 5.82.